The zero-order valence-corrected chi connectivity index (χ0v) is 37.7. The van der Waals surface area contributed by atoms with Crippen LogP contribution in [0.15, 0.2) is 12.5 Å². The highest BCUT2D eigenvalue weighted by Crippen LogP contribution is 2.23. The number of nitrogens with zero attached hydrogens (tertiary/aromatic N) is 1. The van der Waals surface area contributed by atoms with Crippen LogP contribution in [0.3, 0.4) is 0 Å². The van der Waals surface area contributed by atoms with Crippen LogP contribution in [0.2, 0.25) is 0 Å². The molecule has 1 fully saturated rings. The number of aromatic nitrogens is 2. The van der Waals surface area contributed by atoms with Gasteiger partial charge in [0, 0.05) is 29.8 Å². The van der Waals surface area contributed by atoms with Crippen molar-refractivity contribution in [3.8, 4) is 0 Å². The molecule has 4 unspecified atom stereocenters. The van der Waals surface area contributed by atoms with Crippen LogP contribution in [0, 0.1) is 0 Å². The molecular formula is C36H58N14O15S2. The molecule has 1 saturated heterocycles. The molecule has 0 radical (unpaired) electrons. The number of H-pyrrole nitrogens is 1. The number of primary amides is 2. The van der Waals surface area contributed by atoms with E-state index >= 15 is 0 Å². The fraction of sp³-hybridized carbons (Fsp3) is 0.611. The van der Waals surface area contributed by atoms with Gasteiger partial charge in [-0.25, -0.2) is 9.78 Å². The number of rotatable bonds is 14. The van der Waals surface area contributed by atoms with E-state index in [1.807, 2.05) is 0 Å². The molecule has 0 spiro atoms. The van der Waals surface area contributed by atoms with Crippen molar-refractivity contribution in [3.63, 3.8) is 0 Å². The molecule has 0 aromatic carbocycles. The maximum Gasteiger partial charge on any atom is 0.327 e. The number of carboxylic acids is 1. The molecule has 31 heteroatoms. The number of carbonyl (C=O) groups excluding carboxylic acids is 10. The predicted octanol–water partition coefficient (Wildman–Crippen LogP) is -9.12. The highest BCUT2D eigenvalue weighted by molar-refractivity contribution is 8.76. The summed E-state index contributed by atoms with van der Waals surface area (Å²) in [4.78, 5) is 150. The van der Waals surface area contributed by atoms with Crippen molar-refractivity contribution in [1.82, 2.24) is 52.5 Å². The molecule has 1 aromatic rings. The van der Waals surface area contributed by atoms with Crippen LogP contribution in [0.4, 0.5) is 0 Å². The normalized spacial score (nSPS) is 26.8. The van der Waals surface area contributed by atoms with Gasteiger partial charge in [-0.2, -0.15) is 0 Å². The van der Waals surface area contributed by atoms with E-state index in [1.165, 1.54) is 12.5 Å². The number of aliphatic hydroxyl groups is 3. The molecule has 2 rings (SSSR count). The number of nitrogens with two attached hydrogens (primary N) is 4. The number of unbranched alkanes of at least 4 members (excludes halogenated alkanes) is 1. The van der Waals surface area contributed by atoms with E-state index in [4.69, 9.17) is 22.9 Å². The van der Waals surface area contributed by atoms with E-state index in [0.29, 0.717) is 6.42 Å². The lowest BCUT2D eigenvalue weighted by atomic mass is 10.1. The Hall–Kier alpha value is -6.12. The first-order chi connectivity index (χ1) is 31.6. The van der Waals surface area contributed by atoms with Crippen molar-refractivity contribution >= 4 is 86.6 Å². The maximum atomic E-state index is 13.7. The first kappa shape index (κ1) is 57.0. The van der Waals surface area contributed by atoms with E-state index in [1.54, 1.807) is 0 Å². The summed E-state index contributed by atoms with van der Waals surface area (Å²) in [6.07, 6.45) is -0.875. The minimum Gasteiger partial charge on any atom is -0.480 e. The zero-order chi connectivity index (χ0) is 50.4. The molecule has 0 bridgehead atoms. The number of amides is 10. The summed E-state index contributed by atoms with van der Waals surface area (Å²) >= 11 is 0. The van der Waals surface area contributed by atoms with Gasteiger partial charge < -0.3 is 90.9 Å². The van der Waals surface area contributed by atoms with Gasteiger partial charge in [0.2, 0.25) is 59.1 Å². The Kier molecular flexibility index (Phi) is 24.5. The molecule has 1 aliphatic heterocycles. The molecule has 0 saturated carbocycles. The summed E-state index contributed by atoms with van der Waals surface area (Å²) < 4.78 is 0. The van der Waals surface area contributed by atoms with Gasteiger partial charge in [-0.05, 0) is 32.7 Å². The number of aliphatic hydroxyl groups excluding tert-OH is 3. The van der Waals surface area contributed by atoms with Gasteiger partial charge in [0.1, 0.15) is 48.3 Å². The smallest absolute Gasteiger partial charge is 0.327 e. The van der Waals surface area contributed by atoms with Gasteiger partial charge in [-0.15, -0.1) is 0 Å². The summed E-state index contributed by atoms with van der Waals surface area (Å²) in [6, 6.07) is -15.5. The van der Waals surface area contributed by atoms with Crippen LogP contribution in [0.5, 0.6) is 0 Å². The van der Waals surface area contributed by atoms with E-state index < -0.39 is 152 Å². The first-order valence-electron chi connectivity index (χ1n) is 20.4. The number of aliphatic carboxylic acids is 1. The number of nitrogens with one attached hydrogen (secondary N) is 9. The Bertz CT molecular complexity index is 1910. The van der Waals surface area contributed by atoms with Crippen molar-refractivity contribution in [2.75, 3.05) is 31.3 Å². The van der Waals surface area contributed by atoms with E-state index in [2.05, 4.69) is 52.5 Å². The largest absolute Gasteiger partial charge is 0.480 e. The Morgan fingerprint density at radius 2 is 1.13 bits per heavy atom. The van der Waals surface area contributed by atoms with Crippen LogP contribution < -0.4 is 65.5 Å². The second-order valence-electron chi connectivity index (χ2n) is 14.9. The number of carbonyl (C=O) groups is 11. The third kappa shape index (κ3) is 19.7. The number of imidazole rings is 1. The number of carboxylic acid groups (broad SMARTS) is 1. The van der Waals surface area contributed by atoms with Gasteiger partial charge in [0.25, 0.3) is 0 Å². The maximum absolute atomic E-state index is 13.7. The molecule has 1 aliphatic rings. The van der Waals surface area contributed by atoms with Gasteiger partial charge in [-0.1, -0.05) is 21.6 Å². The van der Waals surface area contributed by atoms with Crippen LogP contribution in [0.1, 0.15) is 44.7 Å². The second kappa shape index (κ2) is 28.8. The standard InChI is InChI=1S/C36H58N14O15S2/c1-15(53)27-35(63)49-24(36(64)65)13-67-66-12-17(38)28(56)44-20(7-25(39)54)30(58)46-21(8-26(40)55)31(59)48-22(10-51)33(61)43-18(4-2-3-5-37)29(57)47-23(11-52)34(62)45-19(32(60)50-27)6-16-9-41-14-42-16/h9,14-15,17-24,27,51-53H,2-8,10-13,37-38H2,1H3,(H2,39,54)(H2,40,55)(H,41,42)(H,43,61)(H,44,56)(H,45,62)(H,46,58)(H,47,57)(H,48,59)(H,49,63)(H,50,60)(H,64,65)/t15-,17+,18?,19?,20?,21+,22+,23+,24?,27+/m1/s1. The minimum absolute atomic E-state index is 0.151. The topological polar surface area (TPSA) is 498 Å². The predicted molar refractivity (Wildman–Crippen MR) is 235 cm³/mol. The second-order valence-corrected chi connectivity index (χ2v) is 17.5. The number of hydrogen-bond donors (Lipinski definition) is 17. The van der Waals surface area contributed by atoms with Crippen molar-refractivity contribution in [3.05, 3.63) is 18.2 Å². The summed E-state index contributed by atoms with van der Waals surface area (Å²) in [5.41, 5.74) is 22.4. The Labute approximate surface area is 389 Å². The molecule has 67 heavy (non-hydrogen) atoms. The SMILES string of the molecule is C[C@@H](O)[C@@H]1NC(=O)C(Cc2cnc[nH]2)NC(=O)[C@H](CO)NC(=O)C(CCCCN)NC(=O)[C@H](CO)NC(=O)[C@H](CC(N)=O)NC(=O)C(CC(N)=O)NC(=O)[C@@H](N)CSSCC(C(=O)O)NC1=O. The van der Waals surface area contributed by atoms with Crippen LogP contribution >= 0.6 is 21.6 Å². The molecule has 2 heterocycles. The lowest BCUT2D eigenvalue weighted by molar-refractivity contribution is -0.142. The minimum atomic E-state index is -1.90. The molecule has 29 nitrogen and oxygen atoms in total. The summed E-state index contributed by atoms with van der Waals surface area (Å²) in [5.74, 6) is -13.8. The molecule has 21 N–H and O–H groups in total. The lowest BCUT2D eigenvalue weighted by Gasteiger charge is -2.27. The fourth-order valence-electron chi connectivity index (χ4n) is 5.85. The van der Waals surface area contributed by atoms with Crippen LogP contribution in [-0.2, 0) is 59.2 Å². The molecule has 0 aliphatic carbocycles. The molecular weight excluding hydrogens is 933 g/mol. The van der Waals surface area contributed by atoms with Crippen LogP contribution in [-0.4, -0.2) is 187 Å². The van der Waals surface area contributed by atoms with Gasteiger partial charge in [-0.3, -0.25) is 47.9 Å². The average molecular weight is 991 g/mol. The Morgan fingerprint density at radius 1 is 0.672 bits per heavy atom. The molecule has 374 valence electrons. The quantitative estimate of drug-likeness (QED) is 0.0608. The van der Waals surface area contributed by atoms with Crippen molar-refractivity contribution in [1.29, 1.82) is 0 Å². The average Bonchev–Trinajstić information content (AvgIpc) is 3.78. The van der Waals surface area contributed by atoms with E-state index in [0.717, 1.165) is 28.5 Å². The fourth-order valence-corrected chi connectivity index (χ4v) is 8.12. The third-order valence-corrected chi connectivity index (χ3v) is 11.9. The number of hydrogen-bond acceptors (Lipinski definition) is 19. The van der Waals surface area contributed by atoms with Crippen LogP contribution in [0.25, 0.3) is 0 Å². The number of aromatic amines is 1. The molecule has 10 amide bonds. The summed E-state index contributed by atoms with van der Waals surface area (Å²) in [5, 5.41) is 58.6. The Balaban J connectivity index is 2.61. The molecule has 1 aromatic heterocycles. The van der Waals surface area contributed by atoms with E-state index in [9.17, 15) is 73.2 Å². The van der Waals surface area contributed by atoms with E-state index in [-0.39, 0.29) is 43.0 Å². The summed E-state index contributed by atoms with van der Waals surface area (Å²) in [6.45, 7) is -0.948. The highest BCUT2D eigenvalue weighted by Gasteiger charge is 2.36. The van der Waals surface area contributed by atoms with Gasteiger partial charge in [0.15, 0.2) is 0 Å². The van der Waals surface area contributed by atoms with Gasteiger partial charge >= 0.3 is 5.97 Å². The molecule has 10 atom stereocenters. The zero-order valence-electron chi connectivity index (χ0n) is 36.1. The monoisotopic (exact) mass is 990 g/mol. The van der Waals surface area contributed by atoms with Crippen molar-refractivity contribution in [2.24, 2.45) is 22.9 Å². The third-order valence-electron chi connectivity index (χ3n) is 9.48. The highest BCUT2D eigenvalue weighted by atomic mass is 33.1. The lowest BCUT2D eigenvalue weighted by Crippen LogP contribution is -2.62. The van der Waals surface area contributed by atoms with Crippen molar-refractivity contribution in [2.45, 2.75) is 106 Å². The van der Waals surface area contributed by atoms with Crippen molar-refractivity contribution < 1.29 is 73.2 Å². The summed E-state index contributed by atoms with van der Waals surface area (Å²) in [7, 11) is 1.66. The Morgan fingerprint density at radius 3 is 1.61 bits per heavy atom. The first-order valence-corrected chi connectivity index (χ1v) is 22.9. The van der Waals surface area contributed by atoms with Gasteiger partial charge in [0.05, 0.1) is 44.5 Å².